The SMILES string of the molecule is O=C(COc1ncnc2c(Cl)cc(Cl)cc12)N1CCNC1=O. The highest BCUT2D eigenvalue weighted by Gasteiger charge is 2.26. The maximum absolute atomic E-state index is 11.9. The smallest absolute Gasteiger partial charge is 0.324 e. The lowest BCUT2D eigenvalue weighted by Crippen LogP contribution is -2.37. The monoisotopic (exact) mass is 340 g/mol. The molecule has 1 aliphatic rings. The molecule has 3 rings (SSSR count). The number of rotatable bonds is 3. The summed E-state index contributed by atoms with van der Waals surface area (Å²) in [5, 5.41) is 3.81. The Morgan fingerprint density at radius 2 is 2.18 bits per heavy atom. The van der Waals surface area contributed by atoms with Crippen molar-refractivity contribution in [1.82, 2.24) is 20.2 Å². The van der Waals surface area contributed by atoms with Crippen molar-refractivity contribution in [2.24, 2.45) is 0 Å². The van der Waals surface area contributed by atoms with Crippen LogP contribution in [0.1, 0.15) is 0 Å². The first-order chi connectivity index (χ1) is 10.6. The van der Waals surface area contributed by atoms with Gasteiger partial charge in [0, 0.05) is 18.1 Å². The van der Waals surface area contributed by atoms with Crippen LogP contribution in [-0.2, 0) is 4.79 Å². The summed E-state index contributed by atoms with van der Waals surface area (Å²) in [5.41, 5.74) is 0.474. The van der Waals surface area contributed by atoms with Crippen LogP contribution in [-0.4, -0.2) is 46.5 Å². The molecule has 3 amide bonds. The van der Waals surface area contributed by atoms with Gasteiger partial charge in [-0.1, -0.05) is 23.2 Å². The van der Waals surface area contributed by atoms with E-state index in [1.165, 1.54) is 6.33 Å². The van der Waals surface area contributed by atoms with Gasteiger partial charge in [0.1, 0.15) is 6.33 Å². The van der Waals surface area contributed by atoms with Crippen molar-refractivity contribution in [2.45, 2.75) is 0 Å². The Kier molecular flexibility index (Phi) is 4.00. The predicted octanol–water partition coefficient (Wildman–Crippen LogP) is 1.87. The molecule has 1 N–H and O–H groups in total. The second-order valence-corrected chi connectivity index (χ2v) is 5.37. The number of fused-ring (bicyclic) bond motifs is 1. The molecule has 114 valence electrons. The lowest BCUT2D eigenvalue weighted by Gasteiger charge is -2.13. The van der Waals surface area contributed by atoms with Crippen molar-refractivity contribution in [3.63, 3.8) is 0 Å². The van der Waals surface area contributed by atoms with Gasteiger partial charge in [-0.15, -0.1) is 0 Å². The maximum Gasteiger partial charge on any atom is 0.324 e. The lowest BCUT2D eigenvalue weighted by molar-refractivity contribution is -0.129. The van der Waals surface area contributed by atoms with E-state index >= 15 is 0 Å². The molecule has 1 aliphatic heterocycles. The van der Waals surface area contributed by atoms with Gasteiger partial charge in [-0.25, -0.2) is 14.8 Å². The van der Waals surface area contributed by atoms with Gasteiger partial charge >= 0.3 is 6.03 Å². The molecule has 0 radical (unpaired) electrons. The quantitative estimate of drug-likeness (QED) is 0.921. The molecule has 22 heavy (non-hydrogen) atoms. The van der Waals surface area contributed by atoms with Crippen molar-refractivity contribution in [3.05, 3.63) is 28.5 Å². The molecule has 2 aromatic rings. The highest BCUT2D eigenvalue weighted by atomic mass is 35.5. The molecule has 0 bridgehead atoms. The van der Waals surface area contributed by atoms with Gasteiger partial charge in [0.05, 0.1) is 15.9 Å². The number of halogens is 2. The minimum Gasteiger partial charge on any atom is -0.467 e. The van der Waals surface area contributed by atoms with Crippen LogP contribution in [0, 0.1) is 0 Å². The fourth-order valence-electron chi connectivity index (χ4n) is 2.10. The van der Waals surface area contributed by atoms with Crippen molar-refractivity contribution in [2.75, 3.05) is 19.7 Å². The Hall–Kier alpha value is -2.12. The predicted molar refractivity (Wildman–Crippen MR) is 80.2 cm³/mol. The second-order valence-electron chi connectivity index (χ2n) is 4.53. The van der Waals surface area contributed by atoms with E-state index in [9.17, 15) is 9.59 Å². The number of urea groups is 1. The molecule has 2 heterocycles. The third kappa shape index (κ3) is 2.77. The number of aromatic nitrogens is 2. The van der Waals surface area contributed by atoms with Gasteiger partial charge in [-0.2, -0.15) is 0 Å². The molecule has 0 atom stereocenters. The van der Waals surface area contributed by atoms with Crippen LogP contribution in [0.3, 0.4) is 0 Å². The van der Waals surface area contributed by atoms with Crippen LogP contribution in [0.4, 0.5) is 4.79 Å². The van der Waals surface area contributed by atoms with Gasteiger partial charge in [0.15, 0.2) is 6.61 Å². The largest absolute Gasteiger partial charge is 0.467 e. The summed E-state index contributed by atoms with van der Waals surface area (Å²) in [4.78, 5) is 32.5. The standard InChI is InChI=1S/C13H10Cl2N4O3/c14-7-3-8-11(9(15)4-7)17-6-18-12(8)22-5-10(20)19-2-1-16-13(19)21/h3-4,6H,1-2,5H2,(H,16,21). The fraction of sp³-hybridized carbons (Fsp3) is 0.231. The van der Waals surface area contributed by atoms with E-state index in [2.05, 4.69) is 15.3 Å². The molecule has 0 saturated carbocycles. The van der Waals surface area contributed by atoms with E-state index in [0.29, 0.717) is 34.0 Å². The average Bonchev–Trinajstić information content (AvgIpc) is 2.91. The minimum atomic E-state index is -0.449. The van der Waals surface area contributed by atoms with Crippen molar-refractivity contribution in [3.8, 4) is 5.88 Å². The lowest BCUT2D eigenvalue weighted by atomic mass is 10.2. The van der Waals surface area contributed by atoms with E-state index in [-0.39, 0.29) is 12.5 Å². The first-order valence-electron chi connectivity index (χ1n) is 6.37. The summed E-state index contributed by atoms with van der Waals surface area (Å²) in [5.74, 6) is -0.266. The summed E-state index contributed by atoms with van der Waals surface area (Å²) in [6.45, 7) is 0.444. The topological polar surface area (TPSA) is 84.4 Å². The van der Waals surface area contributed by atoms with E-state index in [1.54, 1.807) is 12.1 Å². The summed E-state index contributed by atoms with van der Waals surface area (Å²) < 4.78 is 5.41. The number of hydrogen-bond donors (Lipinski definition) is 1. The Morgan fingerprint density at radius 1 is 1.36 bits per heavy atom. The molecular weight excluding hydrogens is 331 g/mol. The van der Waals surface area contributed by atoms with Crippen molar-refractivity contribution < 1.29 is 14.3 Å². The number of amides is 3. The highest BCUT2D eigenvalue weighted by molar-refractivity contribution is 6.38. The molecule has 0 aliphatic carbocycles. The van der Waals surface area contributed by atoms with E-state index in [4.69, 9.17) is 27.9 Å². The van der Waals surface area contributed by atoms with Gasteiger partial charge in [-0.05, 0) is 12.1 Å². The third-order valence-electron chi connectivity index (χ3n) is 3.11. The normalized spacial score (nSPS) is 14.3. The average molecular weight is 341 g/mol. The molecule has 0 spiro atoms. The number of benzene rings is 1. The van der Waals surface area contributed by atoms with Crippen LogP contribution < -0.4 is 10.1 Å². The molecule has 1 aromatic heterocycles. The molecule has 9 heteroatoms. The molecule has 1 saturated heterocycles. The summed E-state index contributed by atoms with van der Waals surface area (Å²) >= 11 is 12.0. The van der Waals surface area contributed by atoms with Crippen LogP contribution in [0.25, 0.3) is 10.9 Å². The maximum atomic E-state index is 11.9. The fourth-order valence-corrected chi connectivity index (χ4v) is 2.64. The van der Waals surface area contributed by atoms with E-state index < -0.39 is 11.9 Å². The zero-order valence-electron chi connectivity index (χ0n) is 11.2. The minimum absolute atomic E-state index is 0.183. The number of ether oxygens (including phenoxy) is 1. The molecule has 0 unspecified atom stereocenters. The van der Waals surface area contributed by atoms with Gasteiger partial charge in [0.2, 0.25) is 5.88 Å². The molecule has 1 aromatic carbocycles. The number of imide groups is 1. The Morgan fingerprint density at radius 3 is 2.91 bits per heavy atom. The summed E-state index contributed by atoms with van der Waals surface area (Å²) in [7, 11) is 0. The number of nitrogens with one attached hydrogen (secondary N) is 1. The first-order valence-corrected chi connectivity index (χ1v) is 7.12. The van der Waals surface area contributed by atoms with Gasteiger partial charge in [0.25, 0.3) is 5.91 Å². The number of carbonyl (C=O) groups excluding carboxylic acids is 2. The number of hydrogen-bond acceptors (Lipinski definition) is 5. The Labute approximate surface area is 135 Å². The summed E-state index contributed by atoms with van der Waals surface area (Å²) in [6.07, 6.45) is 1.28. The second kappa shape index (κ2) is 5.94. The van der Waals surface area contributed by atoms with Gasteiger partial charge in [-0.3, -0.25) is 9.69 Å². The third-order valence-corrected chi connectivity index (χ3v) is 3.62. The number of carbonyl (C=O) groups is 2. The van der Waals surface area contributed by atoms with Crippen molar-refractivity contribution in [1.29, 1.82) is 0 Å². The molecule has 1 fully saturated rings. The van der Waals surface area contributed by atoms with Gasteiger partial charge < -0.3 is 10.1 Å². The molecule has 7 nitrogen and oxygen atoms in total. The number of nitrogens with zero attached hydrogens (tertiary/aromatic N) is 3. The Balaban J connectivity index is 1.82. The summed E-state index contributed by atoms with van der Waals surface area (Å²) in [6, 6.07) is 2.74. The van der Waals surface area contributed by atoms with E-state index in [1.807, 2.05) is 0 Å². The molecular formula is C13H10Cl2N4O3. The van der Waals surface area contributed by atoms with E-state index in [0.717, 1.165) is 4.90 Å². The highest BCUT2D eigenvalue weighted by Crippen LogP contribution is 2.30. The van der Waals surface area contributed by atoms with Crippen LogP contribution >= 0.6 is 23.2 Å². The first kappa shape index (κ1) is 14.8. The zero-order chi connectivity index (χ0) is 15.7. The van der Waals surface area contributed by atoms with Crippen LogP contribution in [0.2, 0.25) is 10.0 Å². The zero-order valence-corrected chi connectivity index (χ0v) is 12.7. The van der Waals surface area contributed by atoms with Crippen LogP contribution in [0.5, 0.6) is 5.88 Å². The van der Waals surface area contributed by atoms with Crippen molar-refractivity contribution >= 4 is 46.0 Å². The van der Waals surface area contributed by atoms with Crippen LogP contribution in [0.15, 0.2) is 18.5 Å². The Bertz CT molecular complexity index is 768.